The number of carbonyl (C=O) groups excluding carboxylic acids is 2. The van der Waals surface area contributed by atoms with E-state index in [0.29, 0.717) is 35.5 Å². The Morgan fingerprint density at radius 3 is 2.61 bits per heavy atom. The smallest absolute Gasteiger partial charge is 0.220 e. The Balaban J connectivity index is 1.78. The topological polar surface area (TPSA) is 98.8 Å². The number of anilines is 1. The summed E-state index contributed by atoms with van der Waals surface area (Å²) in [6.45, 7) is 3.29. The molecule has 1 aliphatic rings. The second kappa shape index (κ2) is 6.96. The van der Waals surface area contributed by atoms with E-state index in [4.69, 9.17) is 5.73 Å². The van der Waals surface area contributed by atoms with E-state index in [-0.39, 0.29) is 23.4 Å². The van der Waals surface area contributed by atoms with Gasteiger partial charge in [0, 0.05) is 18.9 Å². The molecule has 3 aromatic rings. The number of pyridine rings is 1. The Kier molecular flexibility index (Phi) is 4.47. The Hall–Kier alpha value is -3.41. The number of nitrogens with zero attached hydrogens (tertiary/aromatic N) is 3. The van der Waals surface area contributed by atoms with E-state index in [1.165, 1.54) is 6.92 Å². The van der Waals surface area contributed by atoms with Crippen molar-refractivity contribution in [3.8, 4) is 11.3 Å². The highest BCUT2D eigenvalue weighted by Crippen LogP contribution is 2.37. The van der Waals surface area contributed by atoms with Gasteiger partial charge in [0.2, 0.25) is 5.95 Å². The van der Waals surface area contributed by atoms with Crippen LogP contribution in [0.1, 0.15) is 57.1 Å². The SMILES string of the molecule is CC(=O)c1cccc(-c2ccccc2C2CC(=O)c3c(C)nc(N)nc3C2)n1. The minimum atomic E-state index is -0.0799. The maximum atomic E-state index is 12.8. The second-order valence-corrected chi connectivity index (χ2v) is 7.07. The molecule has 6 heteroatoms. The molecule has 0 fully saturated rings. The number of Topliss-reactive ketones (excluding diaryl/α,β-unsaturated/α-hetero) is 2. The van der Waals surface area contributed by atoms with Gasteiger partial charge in [-0.3, -0.25) is 9.59 Å². The molecule has 0 amide bonds. The summed E-state index contributed by atoms with van der Waals surface area (Å²) in [4.78, 5) is 37.5. The monoisotopic (exact) mass is 372 g/mol. The highest BCUT2D eigenvalue weighted by Gasteiger charge is 2.31. The fraction of sp³-hybridized carbons (Fsp3) is 0.227. The molecule has 0 aliphatic heterocycles. The summed E-state index contributed by atoms with van der Waals surface area (Å²) in [6, 6.07) is 13.3. The van der Waals surface area contributed by atoms with Crippen molar-refractivity contribution >= 4 is 17.5 Å². The maximum absolute atomic E-state index is 12.8. The van der Waals surface area contributed by atoms with Crippen molar-refractivity contribution in [2.24, 2.45) is 0 Å². The molecule has 1 atom stereocenters. The van der Waals surface area contributed by atoms with Crippen LogP contribution in [0.15, 0.2) is 42.5 Å². The van der Waals surface area contributed by atoms with Crippen LogP contribution in [0.25, 0.3) is 11.3 Å². The van der Waals surface area contributed by atoms with Crippen LogP contribution in [0.2, 0.25) is 0 Å². The Morgan fingerprint density at radius 1 is 1.04 bits per heavy atom. The number of ketones is 2. The van der Waals surface area contributed by atoms with Crippen molar-refractivity contribution < 1.29 is 9.59 Å². The summed E-state index contributed by atoms with van der Waals surface area (Å²) < 4.78 is 0. The van der Waals surface area contributed by atoms with Crippen LogP contribution in [-0.2, 0) is 6.42 Å². The van der Waals surface area contributed by atoms with Crippen molar-refractivity contribution in [2.45, 2.75) is 32.6 Å². The molecular weight excluding hydrogens is 352 g/mol. The molecule has 4 rings (SSSR count). The molecule has 0 spiro atoms. The Bertz CT molecular complexity index is 1110. The molecule has 0 bridgehead atoms. The van der Waals surface area contributed by atoms with E-state index in [0.717, 1.165) is 16.8 Å². The average Bonchev–Trinajstić information content (AvgIpc) is 2.67. The number of nitrogen functional groups attached to an aromatic ring is 1. The molecular formula is C22H20N4O2. The van der Waals surface area contributed by atoms with E-state index in [1.807, 2.05) is 36.4 Å². The fourth-order valence-corrected chi connectivity index (χ4v) is 3.88. The van der Waals surface area contributed by atoms with Gasteiger partial charge in [0.15, 0.2) is 11.6 Å². The Labute approximate surface area is 162 Å². The van der Waals surface area contributed by atoms with Gasteiger partial charge in [-0.15, -0.1) is 0 Å². The quantitative estimate of drug-likeness (QED) is 0.706. The molecule has 2 N–H and O–H groups in total. The number of benzene rings is 1. The zero-order valence-corrected chi connectivity index (χ0v) is 15.8. The normalized spacial score (nSPS) is 15.9. The highest BCUT2D eigenvalue weighted by atomic mass is 16.1. The van der Waals surface area contributed by atoms with E-state index in [2.05, 4.69) is 15.0 Å². The van der Waals surface area contributed by atoms with Gasteiger partial charge in [-0.25, -0.2) is 15.0 Å². The van der Waals surface area contributed by atoms with Gasteiger partial charge in [0.1, 0.15) is 5.69 Å². The van der Waals surface area contributed by atoms with Gasteiger partial charge in [0.25, 0.3) is 0 Å². The first-order valence-corrected chi connectivity index (χ1v) is 9.17. The second-order valence-electron chi connectivity index (χ2n) is 7.07. The van der Waals surface area contributed by atoms with Crippen molar-refractivity contribution in [1.82, 2.24) is 15.0 Å². The highest BCUT2D eigenvalue weighted by molar-refractivity contribution is 6.00. The van der Waals surface area contributed by atoms with Gasteiger partial charge in [-0.2, -0.15) is 0 Å². The lowest BCUT2D eigenvalue weighted by Gasteiger charge is -2.26. The first kappa shape index (κ1) is 18.0. The van der Waals surface area contributed by atoms with Gasteiger partial charge in [-0.05, 0) is 37.0 Å². The molecule has 28 heavy (non-hydrogen) atoms. The van der Waals surface area contributed by atoms with Gasteiger partial charge in [-0.1, -0.05) is 30.3 Å². The number of hydrogen-bond acceptors (Lipinski definition) is 6. The summed E-state index contributed by atoms with van der Waals surface area (Å²) in [5.74, 6) is 0.106. The van der Waals surface area contributed by atoms with Gasteiger partial charge in [0.05, 0.1) is 22.6 Å². The van der Waals surface area contributed by atoms with Crippen molar-refractivity contribution in [3.05, 3.63) is 70.7 Å². The number of aryl methyl sites for hydroxylation is 1. The first-order valence-electron chi connectivity index (χ1n) is 9.17. The minimum absolute atomic E-state index is 0.0315. The number of carbonyl (C=O) groups is 2. The van der Waals surface area contributed by atoms with Crippen LogP contribution in [0, 0.1) is 6.92 Å². The van der Waals surface area contributed by atoms with Crippen LogP contribution in [0.3, 0.4) is 0 Å². The third-order valence-corrected chi connectivity index (χ3v) is 5.12. The Morgan fingerprint density at radius 2 is 1.82 bits per heavy atom. The summed E-state index contributed by atoms with van der Waals surface area (Å²) >= 11 is 0. The van der Waals surface area contributed by atoms with Gasteiger partial charge >= 0.3 is 0 Å². The van der Waals surface area contributed by atoms with E-state index in [1.54, 1.807) is 13.0 Å². The van der Waals surface area contributed by atoms with Crippen LogP contribution in [0.5, 0.6) is 0 Å². The molecule has 2 aromatic heterocycles. The summed E-state index contributed by atoms with van der Waals surface area (Å²) in [6.07, 6.45) is 0.989. The maximum Gasteiger partial charge on any atom is 0.220 e. The molecule has 2 heterocycles. The van der Waals surface area contributed by atoms with Gasteiger partial charge < -0.3 is 5.73 Å². The molecule has 0 saturated carbocycles. The van der Waals surface area contributed by atoms with Crippen LogP contribution in [0.4, 0.5) is 5.95 Å². The van der Waals surface area contributed by atoms with Crippen molar-refractivity contribution in [3.63, 3.8) is 0 Å². The first-order chi connectivity index (χ1) is 13.4. The number of aromatic nitrogens is 3. The lowest BCUT2D eigenvalue weighted by Crippen LogP contribution is -2.23. The number of rotatable bonds is 3. The van der Waals surface area contributed by atoms with E-state index in [9.17, 15) is 9.59 Å². The minimum Gasteiger partial charge on any atom is -0.368 e. The number of fused-ring (bicyclic) bond motifs is 1. The molecule has 6 nitrogen and oxygen atoms in total. The predicted molar refractivity (Wildman–Crippen MR) is 106 cm³/mol. The molecule has 0 saturated heterocycles. The van der Waals surface area contributed by atoms with Crippen molar-refractivity contribution in [2.75, 3.05) is 5.73 Å². The van der Waals surface area contributed by atoms with Crippen LogP contribution < -0.4 is 5.73 Å². The largest absolute Gasteiger partial charge is 0.368 e. The lowest BCUT2D eigenvalue weighted by atomic mass is 9.79. The third-order valence-electron chi connectivity index (χ3n) is 5.12. The summed E-state index contributed by atoms with van der Waals surface area (Å²) in [7, 11) is 0. The molecule has 1 aliphatic carbocycles. The molecule has 140 valence electrons. The van der Waals surface area contributed by atoms with E-state index >= 15 is 0 Å². The lowest BCUT2D eigenvalue weighted by molar-refractivity contribution is 0.0960. The summed E-state index contributed by atoms with van der Waals surface area (Å²) in [5.41, 5.74) is 10.8. The summed E-state index contributed by atoms with van der Waals surface area (Å²) in [5, 5.41) is 0. The van der Waals surface area contributed by atoms with E-state index < -0.39 is 0 Å². The van der Waals surface area contributed by atoms with Crippen molar-refractivity contribution in [1.29, 1.82) is 0 Å². The van der Waals surface area contributed by atoms with Crippen LogP contribution >= 0.6 is 0 Å². The molecule has 1 unspecified atom stereocenters. The zero-order chi connectivity index (χ0) is 19.8. The average molecular weight is 372 g/mol. The predicted octanol–water partition coefficient (Wildman–Crippen LogP) is 3.54. The molecule has 0 radical (unpaired) electrons. The molecule has 1 aromatic carbocycles. The van der Waals surface area contributed by atoms with Crippen LogP contribution in [-0.4, -0.2) is 26.5 Å². The fourth-order valence-electron chi connectivity index (χ4n) is 3.88. The number of nitrogens with two attached hydrogens (primary N) is 1. The standard InChI is InChI=1S/C22H20N4O2/c1-12-21-19(26-22(23)24-12)10-14(11-20(21)28)15-6-3-4-7-16(15)18-9-5-8-17(25-18)13(2)27/h3-9,14H,10-11H2,1-2H3,(H2,23,24,26). The zero-order valence-electron chi connectivity index (χ0n) is 15.8. The third kappa shape index (κ3) is 3.17. The number of hydrogen-bond donors (Lipinski definition) is 1.